The van der Waals surface area contributed by atoms with E-state index in [-0.39, 0.29) is 5.91 Å². The summed E-state index contributed by atoms with van der Waals surface area (Å²) in [6.07, 6.45) is 1.63. The molecule has 2 aliphatic heterocycles. The number of rotatable bonds is 3. The Morgan fingerprint density at radius 2 is 2.08 bits per heavy atom. The standard InChI is InChI=1S/C17H18N4O3/c1-23-13-4-2-3-12(9-13)21-11-15-14(16(21)22)10-18-17(19-15)20-5-7-24-8-6-20/h2-4,9-10H,5-8,11H2,1H3. The van der Waals surface area contributed by atoms with Gasteiger partial charge >= 0.3 is 0 Å². The fourth-order valence-electron chi connectivity index (χ4n) is 2.98. The Morgan fingerprint density at radius 1 is 1.25 bits per heavy atom. The molecule has 0 bridgehead atoms. The molecule has 1 aromatic carbocycles. The van der Waals surface area contributed by atoms with Gasteiger partial charge in [-0.1, -0.05) is 6.07 Å². The molecular formula is C17H18N4O3. The number of hydrogen-bond donors (Lipinski definition) is 0. The number of aromatic nitrogens is 2. The Labute approximate surface area is 139 Å². The average Bonchev–Trinajstić information content (AvgIpc) is 2.98. The van der Waals surface area contributed by atoms with Gasteiger partial charge in [-0.25, -0.2) is 9.97 Å². The molecule has 0 radical (unpaired) electrons. The normalized spacial score (nSPS) is 17.1. The number of hydrogen-bond acceptors (Lipinski definition) is 6. The highest BCUT2D eigenvalue weighted by atomic mass is 16.5. The SMILES string of the molecule is COc1cccc(N2Cc3nc(N4CCOCC4)ncc3C2=O)c1. The number of fused-ring (bicyclic) bond motifs is 1. The van der Waals surface area contributed by atoms with E-state index in [9.17, 15) is 4.79 Å². The van der Waals surface area contributed by atoms with Gasteiger partial charge in [0, 0.05) is 31.0 Å². The highest BCUT2D eigenvalue weighted by Crippen LogP contribution is 2.30. The molecule has 7 heteroatoms. The van der Waals surface area contributed by atoms with Gasteiger partial charge in [-0.05, 0) is 12.1 Å². The topological polar surface area (TPSA) is 67.8 Å². The molecule has 0 atom stereocenters. The second kappa shape index (κ2) is 6.09. The first-order valence-electron chi connectivity index (χ1n) is 7.91. The maximum atomic E-state index is 12.7. The zero-order chi connectivity index (χ0) is 16.5. The molecule has 0 spiro atoms. The van der Waals surface area contributed by atoms with Crippen molar-refractivity contribution in [2.24, 2.45) is 0 Å². The Hall–Kier alpha value is -2.67. The minimum Gasteiger partial charge on any atom is -0.497 e. The number of anilines is 2. The van der Waals surface area contributed by atoms with Crippen molar-refractivity contribution in [3.8, 4) is 5.75 Å². The number of morpholine rings is 1. The predicted molar refractivity (Wildman–Crippen MR) is 88.6 cm³/mol. The first-order valence-corrected chi connectivity index (χ1v) is 7.91. The zero-order valence-corrected chi connectivity index (χ0v) is 13.4. The second-order valence-corrected chi connectivity index (χ2v) is 5.72. The summed E-state index contributed by atoms with van der Waals surface area (Å²) < 4.78 is 10.6. The summed E-state index contributed by atoms with van der Waals surface area (Å²) in [7, 11) is 1.61. The summed E-state index contributed by atoms with van der Waals surface area (Å²) in [4.78, 5) is 25.4. The van der Waals surface area contributed by atoms with Crippen LogP contribution in [0.3, 0.4) is 0 Å². The van der Waals surface area contributed by atoms with Crippen LogP contribution in [0.15, 0.2) is 30.5 Å². The van der Waals surface area contributed by atoms with Crippen molar-refractivity contribution in [3.05, 3.63) is 41.7 Å². The van der Waals surface area contributed by atoms with Crippen LogP contribution in [0.1, 0.15) is 16.1 Å². The van der Waals surface area contributed by atoms with Crippen molar-refractivity contribution in [2.45, 2.75) is 6.54 Å². The van der Waals surface area contributed by atoms with Crippen molar-refractivity contribution < 1.29 is 14.3 Å². The van der Waals surface area contributed by atoms with Crippen molar-refractivity contribution >= 4 is 17.5 Å². The summed E-state index contributed by atoms with van der Waals surface area (Å²) in [5.74, 6) is 1.31. The fraction of sp³-hybridized carbons (Fsp3) is 0.353. The molecule has 1 amide bonds. The van der Waals surface area contributed by atoms with Crippen LogP contribution in [-0.2, 0) is 11.3 Å². The van der Waals surface area contributed by atoms with Crippen LogP contribution in [0, 0.1) is 0 Å². The minimum absolute atomic E-state index is 0.0771. The Morgan fingerprint density at radius 3 is 2.88 bits per heavy atom. The van der Waals surface area contributed by atoms with Gasteiger partial charge < -0.3 is 19.3 Å². The van der Waals surface area contributed by atoms with Gasteiger partial charge in [0.15, 0.2) is 0 Å². The summed E-state index contributed by atoms with van der Waals surface area (Å²) in [5, 5.41) is 0. The molecule has 1 fully saturated rings. The Bertz CT molecular complexity index is 774. The molecule has 2 aromatic rings. The predicted octanol–water partition coefficient (Wildman–Crippen LogP) is 1.48. The third-order valence-electron chi connectivity index (χ3n) is 4.30. The van der Waals surface area contributed by atoms with E-state index in [4.69, 9.17) is 9.47 Å². The van der Waals surface area contributed by atoms with E-state index in [1.165, 1.54) is 0 Å². The molecule has 3 heterocycles. The van der Waals surface area contributed by atoms with Crippen LogP contribution < -0.4 is 14.5 Å². The number of carbonyl (C=O) groups is 1. The van der Waals surface area contributed by atoms with Gasteiger partial charge in [-0.3, -0.25) is 4.79 Å². The lowest BCUT2D eigenvalue weighted by atomic mass is 10.2. The lowest BCUT2D eigenvalue weighted by Gasteiger charge is -2.26. The summed E-state index contributed by atoms with van der Waals surface area (Å²) in [6, 6.07) is 7.46. The van der Waals surface area contributed by atoms with Crippen LogP contribution in [0.2, 0.25) is 0 Å². The van der Waals surface area contributed by atoms with Crippen LogP contribution in [0.5, 0.6) is 5.75 Å². The maximum absolute atomic E-state index is 12.7. The number of carbonyl (C=O) groups excluding carboxylic acids is 1. The van der Waals surface area contributed by atoms with Crippen LogP contribution >= 0.6 is 0 Å². The van der Waals surface area contributed by atoms with Gasteiger partial charge in [0.2, 0.25) is 5.95 Å². The lowest BCUT2D eigenvalue weighted by Crippen LogP contribution is -2.37. The number of methoxy groups -OCH3 is 1. The number of benzene rings is 1. The van der Waals surface area contributed by atoms with Crippen molar-refractivity contribution in [2.75, 3.05) is 43.2 Å². The van der Waals surface area contributed by atoms with E-state index >= 15 is 0 Å². The third-order valence-corrected chi connectivity index (χ3v) is 4.30. The smallest absolute Gasteiger partial charge is 0.262 e. The van der Waals surface area contributed by atoms with E-state index in [2.05, 4.69) is 14.9 Å². The molecule has 0 N–H and O–H groups in total. The molecule has 4 rings (SSSR count). The van der Waals surface area contributed by atoms with Gasteiger partial charge in [0.25, 0.3) is 5.91 Å². The van der Waals surface area contributed by atoms with Gasteiger partial charge in [-0.2, -0.15) is 0 Å². The first kappa shape index (κ1) is 14.9. The van der Waals surface area contributed by atoms with Gasteiger partial charge in [0.05, 0.1) is 38.1 Å². The molecule has 2 aliphatic rings. The van der Waals surface area contributed by atoms with Crippen LogP contribution in [0.4, 0.5) is 11.6 Å². The van der Waals surface area contributed by atoms with E-state index < -0.39 is 0 Å². The molecule has 1 saturated heterocycles. The first-order chi connectivity index (χ1) is 11.8. The van der Waals surface area contributed by atoms with Crippen molar-refractivity contribution in [1.82, 2.24) is 9.97 Å². The number of ether oxygens (including phenoxy) is 2. The van der Waals surface area contributed by atoms with E-state index in [1.54, 1.807) is 18.2 Å². The Kier molecular flexibility index (Phi) is 3.78. The van der Waals surface area contributed by atoms with Crippen LogP contribution in [-0.4, -0.2) is 49.3 Å². The Balaban J connectivity index is 1.61. The van der Waals surface area contributed by atoms with E-state index in [1.807, 2.05) is 24.3 Å². The monoisotopic (exact) mass is 326 g/mol. The average molecular weight is 326 g/mol. The third kappa shape index (κ3) is 2.56. The molecule has 0 aliphatic carbocycles. The van der Waals surface area contributed by atoms with Crippen LogP contribution in [0.25, 0.3) is 0 Å². The van der Waals surface area contributed by atoms with Gasteiger partial charge in [-0.15, -0.1) is 0 Å². The second-order valence-electron chi connectivity index (χ2n) is 5.72. The fourth-order valence-corrected chi connectivity index (χ4v) is 2.98. The van der Waals surface area contributed by atoms with Crippen molar-refractivity contribution in [1.29, 1.82) is 0 Å². The summed E-state index contributed by atoms with van der Waals surface area (Å²) in [5.41, 5.74) is 2.12. The maximum Gasteiger partial charge on any atom is 0.262 e. The molecule has 0 saturated carbocycles. The molecular weight excluding hydrogens is 308 g/mol. The number of nitrogens with zero attached hydrogens (tertiary/aromatic N) is 4. The molecule has 124 valence electrons. The summed E-state index contributed by atoms with van der Waals surface area (Å²) in [6.45, 7) is 3.34. The largest absolute Gasteiger partial charge is 0.497 e. The van der Waals surface area contributed by atoms with Crippen molar-refractivity contribution in [3.63, 3.8) is 0 Å². The highest BCUT2D eigenvalue weighted by Gasteiger charge is 2.31. The van der Waals surface area contributed by atoms with E-state index in [0.29, 0.717) is 31.3 Å². The minimum atomic E-state index is -0.0771. The summed E-state index contributed by atoms with van der Waals surface area (Å²) >= 11 is 0. The quantitative estimate of drug-likeness (QED) is 0.851. The zero-order valence-electron chi connectivity index (χ0n) is 13.4. The molecule has 7 nitrogen and oxygen atoms in total. The lowest BCUT2D eigenvalue weighted by molar-refractivity contribution is 0.0996. The van der Waals surface area contributed by atoms with E-state index in [0.717, 1.165) is 30.2 Å². The number of amides is 1. The van der Waals surface area contributed by atoms with Gasteiger partial charge in [0.1, 0.15) is 5.75 Å². The highest BCUT2D eigenvalue weighted by molar-refractivity contribution is 6.09. The molecule has 1 aromatic heterocycles. The molecule has 0 unspecified atom stereocenters. The molecule has 24 heavy (non-hydrogen) atoms.